The van der Waals surface area contributed by atoms with Crippen molar-refractivity contribution >= 4 is 0 Å². The van der Waals surface area contributed by atoms with Crippen LogP contribution in [0, 0.1) is 0 Å². The highest BCUT2D eigenvalue weighted by Gasteiger charge is 2.46. The second kappa shape index (κ2) is 17.0. The highest BCUT2D eigenvalue weighted by atomic mass is 14.9. The van der Waals surface area contributed by atoms with E-state index in [1.54, 1.807) is 0 Å². The predicted octanol–water partition coefficient (Wildman–Crippen LogP) is 16.5. The Kier molecular flexibility index (Phi) is 10.1. The van der Waals surface area contributed by atoms with Gasteiger partial charge in [-0.15, -0.1) is 0 Å². The van der Waals surface area contributed by atoms with Gasteiger partial charge in [-0.2, -0.15) is 0 Å². The lowest BCUT2D eigenvalue weighted by Crippen LogP contribution is -2.28. The van der Waals surface area contributed by atoms with Crippen molar-refractivity contribution in [2.24, 2.45) is 0 Å². The number of aromatic nitrogens is 2. The molecule has 0 radical (unpaired) electrons. The Hall–Kier alpha value is -8.72. The summed E-state index contributed by atoms with van der Waals surface area (Å²) < 4.78 is 0. The molecule has 0 saturated carbocycles. The molecule has 11 aromatic rings. The van der Waals surface area contributed by atoms with Gasteiger partial charge in [0.15, 0.2) is 5.82 Å². The van der Waals surface area contributed by atoms with Crippen LogP contribution in [0.3, 0.4) is 0 Å². The van der Waals surface area contributed by atoms with Gasteiger partial charge < -0.3 is 0 Å². The fraction of sp³-hybridized carbons (Fsp3) is 0.0154. The third-order valence-electron chi connectivity index (χ3n) is 13.4. The minimum absolute atomic E-state index is 0.530. The van der Waals surface area contributed by atoms with Gasteiger partial charge in [0.1, 0.15) is 0 Å². The zero-order chi connectivity index (χ0) is 44.6. The first-order valence-corrected chi connectivity index (χ1v) is 23.0. The Morgan fingerprint density at radius 3 is 1.22 bits per heavy atom. The fourth-order valence-electron chi connectivity index (χ4n) is 10.2. The summed E-state index contributed by atoms with van der Waals surface area (Å²) in [6.45, 7) is 0. The van der Waals surface area contributed by atoms with E-state index in [9.17, 15) is 0 Å². The maximum atomic E-state index is 5.17. The highest BCUT2D eigenvalue weighted by Crippen LogP contribution is 2.58. The topological polar surface area (TPSA) is 25.8 Å². The van der Waals surface area contributed by atoms with Crippen molar-refractivity contribution in [3.05, 3.63) is 289 Å². The van der Waals surface area contributed by atoms with Crippen LogP contribution in [0.15, 0.2) is 267 Å². The van der Waals surface area contributed by atoms with Crippen LogP contribution < -0.4 is 0 Å². The lowest BCUT2D eigenvalue weighted by atomic mass is 9.67. The van der Waals surface area contributed by atoms with Crippen LogP contribution in [0.2, 0.25) is 0 Å². The van der Waals surface area contributed by atoms with Gasteiger partial charge in [0.05, 0.1) is 16.8 Å². The number of hydrogen-bond acceptors (Lipinski definition) is 2. The molecular weight excluding hydrogens is 809 g/mol. The molecule has 0 saturated heterocycles. The molecule has 1 aliphatic carbocycles. The van der Waals surface area contributed by atoms with Crippen molar-refractivity contribution < 1.29 is 0 Å². The summed E-state index contributed by atoms with van der Waals surface area (Å²) in [7, 11) is 0. The molecule has 0 atom stereocenters. The van der Waals surface area contributed by atoms with E-state index in [-0.39, 0.29) is 0 Å². The number of benzene rings is 10. The second-order valence-electron chi connectivity index (χ2n) is 17.3. The average molecular weight is 853 g/mol. The van der Waals surface area contributed by atoms with Crippen LogP contribution in [0.25, 0.3) is 89.5 Å². The van der Waals surface area contributed by atoms with E-state index in [0.29, 0.717) is 5.82 Å². The molecule has 0 bridgehead atoms. The molecule has 0 unspecified atom stereocenters. The van der Waals surface area contributed by atoms with Gasteiger partial charge >= 0.3 is 0 Å². The first kappa shape index (κ1) is 39.8. The molecule has 1 heterocycles. The van der Waals surface area contributed by atoms with Gasteiger partial charge in [-0.25, -0.2) is 9.97 Å². The molecule has 67 heavy (non-hydrogen) atoms. The van der Waals surface area contributed by atoms with Crippen molar-refractivity contribution in [3.63, 3.8) is 0 Å². The van der Waals surface area contributed by atoms with Crippen molar-refractivity contribution in [2.45, 2.75) is 5.41 Å². The molecule has 0 fully saturated rings. The minimum Gasteiger partial charge on any atom is -0.228 e. The smallest absolute Gasteiger partial charge is 0.160 e. The first-order chi connectivity index (χ1) is 33.2. The summed E-state index contributed by atoms with van der Waals surface area (Å²) >= 11 is 0. The Bertz CT molecular complexity index is 3430. The number of rotatable bonds is 9. The Morgan fingerprint density at radius 2 is 0.642 bits per heavy atom. The van der Waals surface area contributed by atoms with Crippen LogP contribution in [0.1, 0.15) is 22.3 Å². The zero-order valence-electron chi connectivity index (χ0n) is 36.8. The van der Waals surface area contributed by atoms with E-state index in [2.05, 4.69) is 255 Å². The first-order valence-electron chi connectivity index (χ1n) is 23.0. The molecule has 314 valence electrons. The summed E-state index contributed by atoms with van der Waals surface area (Å²) in [6, 6.07) is 96.3. The molecule has 0 N–H and O–H groups in total. The molecule has 1 aromatic heterocycles. The molecule has 0 spiro atoms. The summed E-state index contributed by atoms with van der Waals surface area (Å²) in [5.41, 5.74) is 21.2. The van der Waals surface area contributed by atoms with Crippen molar-refractivity contribution in [2.75, 3.05) is 0 Å². The molecule has 0 amide bonds. The van der Waals surface area contributed by atoms with Gasteiger partial charge in [-0.05, 0) is 108 Å². The Morgan fingerprint density at radius 1 is 0.224 bits per heavy atom. The van der Waals surface area contributed by atoms with Crippen LogP contribution in [-0.4, -0.2) is 9.97 Å². The van der Waals surface area contributed by atoms with E-state index in [1.165, 1.54) is 61.2 Å². The number of fused-ring (bicyclic) bond motifs is 3. The summed E-state index contributed by atoms with van der Waals surface area (Å²) in [6.07, 6.45) is 0. The van der Waals surface area contributed by atoms with E-state index < -0.39 is 5.41 Å². The van der Waals surface area contributed by atoms with Crippen molar-refractivity contribution in [1.82, 2.24) is 9.97 Å². The predicted molar refractivity (Wildman–Crippen MR) is 277 cm³/mol. The third kappa shape index (κ3) is 7.17. The molecule has 2 heteroatoms. The Balaban J connectivity index is 1.04. The lowest BCUT2D eigenvalue weighted by Gasteiger charge is -2.34. The standard InChI is InChI=1S/C65H44N2/c1-6-20-45(21-7-1)46-36-38-47(39-37-46)57-42-59-56-34-16-17-35-60(56)65(54-30-12-4-13-31-54,55-32-14-5-15-33-55)61(59)43-58(57)52-28-18-26-50(40-52)51-27-19-29-53(41-51)64-66-62(48-22-8-2-9-23-48)44-63(67-64)49-24-10-3-11-25-49/h1-44H. The average Bonchev–Trinajstić information content (AvgIpc) is 3.72. The second-order valence-corrected chi connectivity index (χ2v) is 17.3. The van der Waals surface area contributed by atoms with Crippen molar-refractivity contribution in [3.8, 4) is 89.5 Å². The third-order valence-corrected chi connectivity index (χ3v) is 13.4. The summed E-state index contributed by atoms with van der Waals surface area (Å²) in [4.78, 5) is 10.3. The number of nitrogens with zero attached hydrogens (tertiary/aromatic N) is 2. The zero-order valence-corrected chi connectivity index (χ0v) is 36.8. The van der Waals surface area contributed by atoms with Crippen molar-refractivity contribution in [1.29, 1.82) is 0 Å². The lowest BCUT2D eigenvalue weighted by molar-refractivity contribution is 0.769. The van der Waals surface area contributed by atoms with Gasteiger partial charge in [0, 0.05) is 16.7 Å². The molecular formula is C65H44N2. The van der Waals surface area contributed by atoms with Crippen LogP contribution in [-0.2, 0) is 5.41 Å². The van der Waals surface area contributed by atoms with Gasteiger partial charge in [0.25, 0.3) is 0 Å². The molecule has 0 aliphatic heterocycles. The molecule has 2 nitrogen and oxygen atoms in total. The molecule has 10 aromatic carbocycles. The normalized spacial score (nSPS) is 12.3. The number of hydrogen-bond donors (Lipinski definition) is 0. The fourth-order valence-corrected chi connectivity index (χ4v) is 10.2. The minimum atomic E-state index is -0.530. The van der Waals surface area contributed by atoms with Gasteiger partial charge in [-0.1, -0.05) is 237 Å². The van der Waals surface area contributed by atoms with Crippen LogP contribution in [0.4, 0.5) is 0 Å². The van der Waals surface area contributed by atoms with Gasteiger partial charge in [-0.3, -0.25) is 0 Å². The Labute approximate surface area is 392 Å². The SMILES string of the molecule is c1ccc(-c2ccc(-c3cc4c(cc3-c3cccc(-c5cccc(-c6nc(-c7ccccc7)cc(-c7ccccc7)n6)c5)c3)C(c3ccccc3)(c3ccccc3)c3ccccc3-4)cc2)cc1. The largest absolute Gasteiger partial charge is 0.228 e. The maximum Gasteiger partial charge on any atom is 0.160 e. The van der Waals surface area contributed by atoms with Crippen LogP contribution >= 0.6 is 0 Å². The quantitative estimate of drug-likeness (QED) is 0.145. The van der Waals surface area contributed by atoms with E-state index in [1.807, 2.05) is 12.1 Å². The monoisotopic (exact) mass is 852 g/mol. The molecule has 12 rings (SSSR count). The maximum absolute atomic E-state index is 5.17. The van der Waals surface area contributed by atoms with Crippen LogP contribution in [0.5, 0.6) is 0 Å². The van der Waals surface area contributed by atoms with E-state index in [0.717, 1.165) is 44.8 Å². The summed E-state index contributed by atoms with van der Waals surface area (Å²) in [5.74, 6) is 0.691. The van der Waals surface area contributed by atoms with E-state index >= 15 is 0 Å². The summed E-state index contributed by atoms with van der Waals surface area (Å²) in [5, 5.41) is 0. The van der Waals surface area contributed by atoms with Gasteiger partial charge in [0.2, 0.25) is 0 Å². The highest BCUT2D eigenvalue weighted by molar-refractivity contribution is 5.96. The molecule has 1 aliphatic rings. The van der Waals surface area contributed by atoms with E-state index in [4.69, 9.17) is 9.97 Å².